The number of rotatable bonds is 17. The fourth-order valence-corrected chi connectivity index (χ4v) is 15.0. The number of fused-ring (bicyclic) bond motifs is 3. The lowest BCUT2D eigenvalue weighted by Gasteiger charge is -2.51. The van der Waals surface area contributed by atoms with Crippen molar-refractivity contribution in [3.63, 3.8) is 0 Å². The molecule has 60 heavy (non-hydrogen) atoms. The molecule has 6 rings (SSSR count). The van der Waals surface area contributed by atoms with Crippen LogP contribution in [0.1, 0.15) is 92.1 Å². The zero-order valence-electron chi connectivity index (χ0n) is 37.1. The van der Waals surface area contributed by atoms with Gasteiger partial charge in [-0.3, -0.25) is 0 Å². The quantitative estimate of drug-likeness (QED) is 0.0789. The molecule has 2 aliphatic carbocycles. The highest BCUT2D eigenvalue weighted by Crippen LogP contribution is 2.58. The van der Waals surface area contributed by atoms with E-state index in [9.17, 15) is 15.5 Å². The van der Waals surface area contributed by atoms with Gasteiger partial charge in [0.05, 0.1) is 51.6 Å². The van der Waals surface area contributed by atoms with Crippen molar-refractivity contribution in [1.82, 2.24) is 0 Å². The highest BCUT2D eigenvalue weighted by Gasteiger charge is 2.63. The Bertz CT molecular complexity index is 1870. The van der Waals surface area contributed by atoms with E-state index >= 15 is 0 Å². The summed E-state index contributed by atoms with van der Waals surface area (Å²) in [6.45, 7) is 13.5. The lowest BCUT2D eigenvalue weighted by Crippen LogP contribution is -2.66. The molecule has 0 radical (unpaired) electrons. The minimum Gasteiger partial charge on any atom is -0.497 e. The van der Waals surface area contributed by atoms with Crippen LogP contribution in [0.2, 0.25) is 5.04 Å². The Kier molecular flexibility index (Phi) is 15.0. The molecule has 1 saturated heterocycles. The first-order valence-electron chi connectivity index (χ1n) is 22.1. The molecule has 3 aliphatic rings. The third-order valence-electron chi connectivity index (χ3n) is 13.6. The van der Waals surface area contributed by atoms with Crippen molar-refractivity contribution in [2.75, 3.05) is 33.5 Å². The molecule has 3 aromatic carbocycles. The van der Waals surface area contributed by atoms with Gasteiger partial charge in [-0.1, -0.05) is 125 Å². The first-order valence-corrected chi connectivity index (χ1v) is 24.0. The van der Waals surface area contributed by atoms with Crippen LogP contribution < -0.4 is 15.1 Å². The maximum atomic E-state index is 13.2. The molecule has 0 aromatic heterocycles. The number of aliphatic hydroxyl groups is 2. The van der Waals surface area contributed by atoms with Crippen molar-refractivity contribution in [1.29, 1.82) is 5.26 Å². The van der Waals surface area contributed by atoms with Gasteiger partial charge in [0.2, 0.25) is 0 Å². The van der Waals surface area contributed by atoms with Gasteiger partial charge in [-0.15, -0.1) is 0 Å². The molecule has 2 N–H and O–H groups in total. The minimum atomic E-state index is -2.90. The zero-order chi connectivity index (χ0) is 43.0. The van der Waals surface area contributed by atoms with Gasteiger partial charge in [-0.25, -0.2) is 0 Å². The van der Waals surface area contributed by atoms with E-state index in [2.05, 4.69) is 113 Å². The van der Waals surface area contributed by atoms with Gasteiger partial charge in [-0.05, 0) is 103 Å². The van der Waals surface area contributed by atoms with Crippen LogP contribution >= 0.6 is 0 Å². The van der Waals surface area contributed by atoms with Crippen LogP contribution in [-0.2, 0) is 25.2 Å². The van der Waals surface area contributed by atoms with Crippen molar-refractivity contribution in [3.05, 3.63) is 114 Å². The monoisotopic (exact) mass is 835 g/mol. The van der Waals surface area contributed by atoms with Gasteiger partial charge in [0, 0.05) is 17.9 Å². The highest BCUT2D eigenvalue weighted by atomic mass is 28.4. The lowest BCUT2D eigenvalue weighted by atomic mass is 9.60. The van der Waals surface area contributed by atoms with E-state index in [0.717, 1.165) is 49.0 Å². The van der Waals surface area contributed by atoms with Gasteiger partial charge in [0.25, 0.3) is 8.32 Å². The maximum absolute atomic E-state index is 13.2. The van der Waals surface area contributed by atoms with E-state index < -0.39 is 49.7 Å². The predicted octanol–water partition coefficient (Wildman–Crippen LogP) is 8.90. The van der Waals surface area contributed by atoms with Crippen LogP contribution in [0.15, 0.2) is 109 Å². The normalized spacial score (nSPS) is 26.3. The summed E-state index contributed by atoms with van der Waals surface area (Å²) in [6.07, 6.45) is 12.1. The molecule has 8 nitrogen and oxygen atoms in total. The average Bonchev–Trinajstić information content (AvgIpc) is 3.31. The maximum Gasteiger partial charge on any atom is 0.261 e. The van der Waals surface area contributed by atoms with Crippen LogP contribution in [0, 0.1) is 40.4 Å². The number of nitriles is 1. The second-order valence-corrected chi connectivity index (χ2v) is 23.2. The minimum absolute atomic E-state index is 0.0256. The van der Waals surface area contributed by atoms with Crippen LogP contribution in [0.25, 0.3) is 0 Å². The topological polar surface area (TPSA) is 110 Å². The average molecular weight is 836 g/mol. The zero-order valence-corrected chi connectivity index (χ0v) is 38.1. The van der Waals surface area contributed by atoms with Crippen molar-refractivity contribution < 1.29 is 33.6 Å². The molecule has 0 unspecified atom stereocenters. The summed E-state index contributed by atoms with van der Waals surface area (Å²) in [5.41, 5.74) is -0.539. The summed E-state index contributed by atoms with van der Waals surface area (Å²) in [5, 5.41) is 37.8. The third-order valence-corrected chi connectivity index (χ3v) is 18.7. The molecule has 6 atom stereocenters. The van der Waals surface area contributed by atoms with Crippen molar-refractivity contribution in [2.45, 2.75) is 116 Å². The first kappa shape index (κ1) is 45.9. The lowest BCUT2D eigenvalue weighted by molar-refractivity contribution is -0.282. The van der Waals surface area contributed by atoms with E-state index in [0.29, 0.717) is 26.2 Å². The van der Waals surface area contributed by atoms with Crippen LogP contribution in [0.3, 0.4) is 0 Å². The van der Waals surface area contributed by atoms with Gasteiger partial charge >= 0.3 is 0 Å². The van der Waals surface area contributed by atoms with Crippen molar-refractivity contribution >= 4 is 18.7 Å². The van der Waals surface area contributed by atoms with E-state index in [1.165, 1.54) is 10.4 Å². The molecule has 9 heteroatoms. The Balaban J connectivity index is 1.46. The van der Waals surface area contributed by atoms with Gasteiger partial charge < -0.3 is 33.6 Å². The summed E-state index contributed by atoms with van der Waals surface area (Å²) in [7, 11) is -1.25. The number of nitrogens with zero attached hydrogens (tertiary/aromatic N) is 1. The van der Waals surface area contributed by atoms with Crippen LogP contribution in [0.4, 0.5) is 0 Å². The Labute approximate surface area is 360 Å². The van der Waals surface area contributed by atoms with Gasteiger partial charge in [0.15, 0.2) is 5.79 Å². The molecule has 2 bridgehead atoms. The number of allylic oxidation sites excluding steroid dienone is 3. The molecule has 2 fully saturated rings. The Hall–Kier alpha value is -3.59. The smallest absolute Gasteiger partial charge is 0.261 e. The fourth-order valence-electron chi connectivity index (χ4n) is 10.4. The number of unbranched alkanes of at least 4 members (excludes halogenated alkanes) is 3. The number of hydrogen-bond donors (Lipinski definition) is 2. The molecule has 0 amide bonds. The Morgan fingerprint density at radius 3 is 2.08 bits per heavy atom. The van der Waals surface area contributed by atoms with Gasteiger partial charge in [0.1, 0.15) is 11.4 Å². The second kappa shape index (κ2) is 19.6. The molecule has 3 aromatic rings. The van der Waals surface area contributed by atoms with Gasteiger partial charge in [-0.2, -0.15) is 5.26 Å². The summed E-state index contributed by atoms with van der Waals surface area (Å²) in [6, 6.07) is 31.7. The van der Waals surface area contributed by atoms with Crippen LogP contribution in [-0.4, -0.2) is 69.6 Å². The molecule has 1 spiro atoms. The highest BCUT2D eigenvalue weighted by molar-refractivity contribution is 6.99. The molecular formula is C51H69NO7Si. The number of methoxy groups -OCH3 is 1. The SMILES string of the molecule is C/C=C/CCCCC[C@@H]1C=C2[C@H](OCc3ccc(OC)cc3)[C@@H]([C@H]1CCO[Si](c1ccccc1)(c1ccccc1)C(C)(C)C)[C@@](O)(CO)[C@H](C#N)CC21COC(C)(C)OC1. The fraction of sp³-hybridized carbons (Fsp3) is 0.549. The summed E-state index contributed by atoms with van der Waals surface area (Å²) >= 11 is 0. The van der Waals surface area contributed by atoms with E-state index in [-0.39, 0.29) is 29.9 Å². The number of benzene rings is 3. The summed E-state index contributed by atoms with van der Waals surface area (Å²) in [5.74, 6) is -1.71. The molecule has 1 heterocycles. The van der Waals surface area contributed by atoms with E-state index in [1.807, 2.05) is 38.1 Å². The Morgan fingerprint density at radius 2 is 1.53 bits per heavy atom. The number of ether oxygens (including phenoxy) is 4. The standard InChI is InChI=1S/C51H69NO7Si/c1-8-9-10-11-12-15-20-39-31-45-47(56-34-38-25-27-41(55-7)28-26-38)46(51(54,35-53)40(33-52)32-50(45)36-57-49(5,6)58-37-50)44(39)29-30-59-60(48(2,3)4,42-21-16-13-17-22-42)43-23-18-14-19-24-43/h8-9,13-14,16-19,21-28,31,39-40,44,46-47,53-54H,10-12,15,20,29-30,32,34-37H2,1-7H3/b9-8+/t39-,40+,44+,46-,47+,51-/m1/s1. The predicted molar refractivity (Wildman–Crippen MR) is 240 cm³/mol. The number of hydrogen-bond acceptors (Lipinski definition) is 8. The largest absolute Gasteiger partial charge is 0.497 e. The summed E-state index contributed by atoms with van der Waals surface area (Å²) < 4.78 is 33.0. The van der Waals surface area contributed by atoms with E-state index in [1.54, 1.807) is 7.11 Å². The summed E-state index contributed by atoms with van der Waals surface area (Å²) in [4.78, 5) is 0. The Morgan fingerprint density at radius 1 is 0.900 bits per heavy atom. The van der Waals surface area contributed by atoms with Crippen molar-refractivity contribution in [2.24, 2.45) is 29.1 Å². The number of aliphatic hydroxyl groups excluding tert-OH is 1. The molecule has 1 saturated carbocycles. The third kappa shape index (κ3) is 9.56. The molecule has 324 valence electrons. The molecular weight excluding hydrogens is 767 g/mol. The van der Waals surface area contributed by atoms with Crippen molar-refractivity contribution in [3.8, 4) is 11.8 Å². The van der Waals surface area contributed by atoms with E-state index in [4.69, 9.17) is 23.4 Å². The first-order chi connectivity index (χ1) is 28.8. The van der Waals surface area contributed by atoms with Crippen LogP contribution in [0.5, 0.6) is 5.75 Å². The second-order valence-electron chi connectivity index (χ2n) is 18.9. The molecule has 1 aliphatic heterocycles.